The molecule has 0 radical (unpaired) electrons. The van der Waals surface area contributed by atoms with Gasteiger partial charge in [-0.3, -0.25) is 14.7 Å². The standard InChI is InChI=1S/C25H36N6O2/c1-15-10-27-22(17(3)23(15)33-5)14-30-12-16(2)21(13-30)18(4)29-25(32)20-11-28-31(24(20)26)19-8-6-7-9-19/h10-11,16,19,21H,4,6-9,12-14,26H2,1-3,5H3,(H,29,32)/t16-,21-/m1/s1. The number of amides is 1. The number of methoxy groups -OCH3 is 1. The number of rotatable bonds is 7. The summed E-state index contributed by atoms with van der Waals surface area (Å²) in [5, 5.41) is 7.41. The van der Waals surface area contributed by atoms with Gasteiger partial charge in [0.05, 0.1) is 25.0 Å². The van der Waals surface area contributed by atoms with Gasteiger partial charge in [-0.15, -0.1) is 0 Å². The number of carbonyl (C=O) groups excluding carboxylic acids is 1. The van der Waals surface area contributed by atoms with Crippen LogP contribution in [0.3, 0.4) is 0 Å². The zero-order valence-corrected chi connectivity index (χ0v) is 20.2. The molecule has 2 aromatic heterocycles. The molecule has 1 aliphatic heterocycles. The van der Waals surface area contributed by atoms with Gasteiger partial charge in [-0.1, -0.05) is 26.3 Å². The number of nitrogens with two attached hydrogens (primary N) is 1. The van der Waals surface area contributed by atoms with Crippen LogP contribution in [0.15, 0.2) is 24.7 Å². The molecule has 178 valence electrons. The van der Waals surface area contributed by atoms with Crippen LogP contribution >= 0.6 is 0 Å². The van der Waals surface area contributed by atoms with Crippen molar-refractivity contribution in [2.24, 2.45) is 11.8 Å². The lowest BCUT2D eigenvalue weighted by Gasteiger charge is -2.20. The lowest BCUT2D eigenvalue weighted by Crippen LogP contribution is -2.30. The number of nitrogen functional groups attached to an aromatic ring is 1. The first-order chi connectivity index (χ1) is 15.8. The van der Waals surface area contributed by atoms with E-state index < -0.39 is 0 Å². The van der Waals surface area contributed by atoms with Crippen molar-refractivity contribution >= 4 is 11.7 Å². The monoisotopic (exact) mass is 452 g/mol. The molecular weight excluding hydrogens is 416 g/mol. The van der Waals surface area contributed by atoms with Crippen LogP contribution < -0.4 is 15.8 Å². The van der Waals surface area contributed by atoms with E-state index in [9.17, 15) is 4.79 Å². The van der Waals surface area contributed by atoms with E-state index in [0.29, 0.717) is 23.3 Å². The van der Waals surface area contributed by atoms with Crippen molar-refractivity contribution in [2.75, 3.05) is 25.9 Å². The minimum absolute atomic E-state index is 0.160. The Morgan fingerprint density at radius 2 is 2.00 bits per heavy atom. The first-order valence-corrected chi connectivity index (χ1v) is 11.8. The van der Waals surface area contributed by atoms with Crippen molar-refractivity contribution in [3.8, 4) is 5.75 Å². The second-order valence-corrected chi connectivity index (χ2v) is 9.63. The van der Waals surface area contributed by atoms with Gasteiger partial charge in [-0.2, -0.15) is 5.10 Å². The van der Waals surface area contributed by atoms with Gasteiger partial charge in [0.1, 0.15) is 17.1 Å². The third-order valence-corrected chi connectivity index (χ3v) is 7.28. The average molecular weight is 453 g/mol. The van der Waals surface area contributed by atoms with Crippen molar-refractivity contribution in [1.29, 1.82) is 0 Å². The molecule has 0 bridgehead atoms. The Kier molecular flexibility index (Phi) is 6.74. The summed E-state index contributed by atoms with van der Waals surface area (Å²) in [5.74, 6) is 1.64. The molecule has 1 amide bonds. The minimum atomic E-state index is -0.229. The predicted octanol–water partition coefficient (Wildman–Crippen LogP) is 3.61. The number of anilines is 1. The van der Waals surface area contributed by atoms with E-state index >= 15 is 0 Å². The van der Waals surface area contributed by atoms with Crippen LogP contribution in [0.4, 0.5) is 5.82 Å². The van der Waals surface area contributed by atoms with E-state index in [2.05, 4.69) is 40.7 Å². The molecule has 3 heterocycles. The minimum Gasteiger partial charge on any atom is -0.496 e. The van der Waals surface area contributed by atoms with Crippen molar-refractivity contribution in [1.82, 2.24) is 25.0 Å². The van der Waals surface area contributed by atoms with Crippen molar-refractivity contribution in [3.63, 3.8) is 0 Å². The van der Waals surface area contributed by atoms with E-state index in [1.165, 1.54) is 12.8 Å². The largest absolute Gasteiger partial charge is 0.496 e. The fourth-order valence-corrected chi connectivity index (χ4v) is 5.38. The Morgan fingerprint density at radius 3 is 2.70 bits per heavy atom. The van der Waals surface area contributed by atoms with Gasteiger partial charge in [-0.05, 0) is 32.6 Å². The molecule has 0 unspecified atom stereocenters. The highest BCUT2D eigenvalue weighted by atomic mass is 16.5. The van der Waals surface area contributed by atoms with Gasteiger partial charge in [-0.25, -0.2) is 4.68 Å². The maximum Gasteiger partial charge on any atom is 0.260 e. The molecule has 2 aromatic rings. The average Bonchev–Trinajstić information content (AvgIpc) is 3.50. The van der Waals surface area contributed by atoms with Crippen molar-refractivity contribution < 1.29 is 9.53 Å². The Morgan fingerprint density at radius 1 is 1.27 bits per heavy atom. The topological polar surface area (TPSA) is 98.3 Å². The Bertz CT molecular complexity index is 1040. The Labute approximate surface area is 196 Å². The molecule has 33 heavy (non-hydrogen) atoms. The molecule has 2 fully saturated rings. The third-order valence-electron chi connectivity index (χ3n) is 7.28. The Hall–Kier alpha value is -2.87. The SMILES string of the molecule is C=C(NC(=O)c1cnn(C2CCCC2)c1N)[C@@H]1CN(Cc2ncc(C)c(OC)c2C)C[C@H]1C. The van der Waals surface area contributed by atoms with E-state index in [0.717, 1.165) is 60.7 Å². The smallest absolute Gasteiger partial charge is 0.260 e. The molecule has 2 aliphatic rings. The van der Waals surface area contributed by atoms with Crippen LogP contribution in [0.5, 0.6) is 5.75 Å². The van der Waals surface area contributed by atoms with Gasteiger partial charge in [0.25, 0.3) is 5.91 Å². The molecule has 0 aromatic carbocycles. The molecular formula is C25H36N6O2. The summed E-state index contributed by atoms with van der Waals surface area (Å²) in [6.07, 6.45) is 7.95. The molecule has 8 heteroatoms. The summed E-state index contributed by atoms with van der Waals surface area (Å²) in [7, 11) is 1.70. The third kappa shape index (κ3) is 4.62. The molecule has 1 saturated carbocycles. The summed E-state index contributed by atoms with van der Waals surface area (Å²) in [6.45, 7) is 12.9. The molecule has 1 saturated heterocycles. The van der Waals surface area contributed by atoms with Gasteiger partial charge in [0.15, 0.2) is 0 Å². The summed E-state index contributed by atoms with van der Waals surface area (Å²) in [4.78, 5) is 19.9. The maximum absolute atomic E-state index is 12.9. The fourth-order valence-electron chi connectivity index (χ4n) is 5.38. The van der Waals surface area contributed by atoms with Crippen LogP contribution in [-0.4, -0.2) is 45.8 Å². The van der Waals surface area contributed by atoms with Gasteiger partial charge in [0, 0.05) is 48.6 Å². The summed E-state index contributed by atoms with van der Waals surface area (Å²) >= 11 is 0. The second-order valence-electron chi connectivity index (χ2n) is 9.63. The normalized spacial score (nSPS) is 21.5. The number of hydrogen-bond donors (Lipinski definition) is 2. The number of ether oxygens (including phenoxy) is 1. The number of likely N-dealkylation sites (tertiary alicyclic amines) is 1. The highest BCUT2D eigenvalue weighted by molar-refractivity contribution is 5.99. The molecule has 4 rings (SSSR count). The Balaban J connectivity index is 1.39. The van der Waals surface area contributed by atoms with E-state index in [4.69, 9.17) is 10.5 Å². The number of hydrogen-bond acceptors (Lipinski definition) is 6. The van der Waals surface area contributed by atoms with Crippen LogP contribution in [-0.2, 0) is 6.54 Å². The molecule has 3 N–H and O–H groups in total. The summed E-state index contributed by atoms with van der Waals surface area (Å²) < 4.78 is 7.37. The first-order valence-electron chi connectivity index (χ1n) is 11.8. The highest BCUT2D eigenvalue weighted by Crippen LogP contribution is 2.33. The molecule has 8 nitrogen and oxygen atoms in total. The summed E-state index contributed by atoms with van der Waals surface area (Å²) in [6, 6.07) is 0.302. The fraction of sp³-hybridized carbons (Fsp3) is 0.560. The number of pyridine rings is 1. The van der Waals surface area contributed by atoms with E-state index in [1.54, 1.807) is 13.3 Å². The van der Waals surface area contributed by atoms with Crippen molar-refractivity contribution in [2.45, 2.75) is 59.0 Å². The number of aromatic nitrogens is 3. The molecule has 2 atom stereocenters. The highest BCUT2D eigenvalue weighted by Gasteiger charge is 2.33. The van der Waals surface area contributed by atoms with E-state index in [1.807, 2.05) is 17.8 Å². The lowest BCUT2D eigenvalue weighted by atomic mass is 9.95. The predicted molar refractivity (Wildman–Crippen MR) is 129 cm³/mol. The van der Waals surface area contributed by atoms with Crippen LogP contribution in [0.2, 0.25) is 0 Å². The van der Waals surface area contributed by atoms with E-state index in [-0.39, 0.29) is 11.8 Å². The lowest BCUT2D eigenvalue weighted by molar-refractivity contribution is 0.0961. The maximum atomic E-state index is 12.9. The van der Waals surface area contributed by atoms with Crippen molar-refractivity contribution in [3.05, 3.63) is 47.1 Å². The first kappa shape index (κ1) is 23.3. The zero-order valence-electron chi connectivity index (χ0n) is 20.2. The number of nitrogens with one attached hydrogen (secondary N) is 1. The second kappa shape index (κ2) is 9.55. The van der Waals surface area contributed by atoms with Crippen LogP contribution in [0.25, 0.3) is 0 Å². The number of carbonyl (C=O) groups is 1. The van der Waals surface area contributed by atoms with Gasteiger partial charge < -0.3 is 15.8 Å². The van der Waals surface area contributed by atoms with Gasteiger partial charge >= 0.3 is 0 Å². The van der Waals surface area contributed by atoms with Crippen LogP contribution in [0.1, 0.15) is 65.8 Å². The summed E-state index contributed by atoms with van der Waals surface area (Å²) in [5.41, 5.74) is 10.6. The van der Waals surface area contributed by atoms with Gasteiger partial charge in [0.2, 0.25) is 0 Å². The molecule has 0 spiro atoms. The quantitative estimate of drug-likeness (QED) is 0.666. The molecule has 1 aliphatic carbocycles. The van der Waals surface area contributed by atoms with Crippen LogP contribution in [0, 0.1) is 25.7 Å². The number of nitrogens with zero attached hydrogens (tertiary/aromatic N) is 4. The number of aryl methyl sites for hydroxylation is 1. The zero-order chi connectivity index (χ0) is 23.7.